The minimum absolute atomic E-state index is 1.19. The molecule has 1 N–H and O–H groups in total. The molecule has 0 saturated heterocycles. The van der Waals surface area contributed by atoms with Gasteiger partial charge in [-0.05, 0) is 34.4 Å². The zero-order chi connectivity index (χ0) is 21.1. The van der Waals surface area contributed by atoms with Crippen LogP contribution < -0.4 is 0 Å². The molecular formula is C30H19NS. The third-order valence-electron chi connectivity index (χ3n) is 6.43. The average molecular weight is 426 g/mol. The van der Waals surface area contributed by atoms with Gasteiger partial charge in [0.2, 0.25) is 0 Å². The van der Waals surface area contributed by atoms with E-state index in [0.29, 0.717) is 0 Å². The summed E-state index contributed by atoms with van der Waals surface area (Å²) in [5.41, 5.74) is 7.50. The van der Waals surface area contributed by atoms with Crippen LogP contribution in [0.15, 0.2) is 109 Å². The first kappa shape index (κ1) is 17.8. The van der Waals surface area contributed by atoms with Gasteiger partial charge in [-0.1, -0.05) is 97.1 Å². The SMILES string of the molecule is c1ccc(-c2cccc3c2sc2c(-c4ccc5c(c4)[nH]c4ccccc45)cccc23)cc1. The number of benzene rings is 5. The lowest BCUT2D eigenvalue weighted by molar-refractivity contribution is 1.54. The highest BCUT2D eigenvalue weighted by Gasteiger charge is 2.14. The summed E-state index contributed by atoms with van der Waals surface area (Å²) in [6.07, 6.45) is 0. The Hall–Kier alpha value is -3.88. The Labute approximate surface area is 189 Å². The van der Waals surface area contributed by atoms with E-state index in [9.17, 15) is 0 Å². The summed E-state index contributed by atoms with van der Waals surface area (Å²) in [5.74, 6) is 0. The van der Waals surface area contributed by atoms with E-state index in [1.165, 1.54) is 64.2 Å². The Morgan fingerprint density at radius 3 is 1.84 bits per heavy atom. The highest BCUT2D eigenvalue weighted by atomic mass is 32.1. The molecule has 1 nitrogen and oxygen atoms in total. The molecule has 7 rings (SSSR count). The topological polar surface area (TPSA) is 15.8 Å². The number of para-hydroxylation sites is 1. The summed E-state index contributed by atoms with van der Waals surface area (Å²) in [6, 6.07) is 39.4. The summed E-state index contributed by atoms with van der Waals surface area (Å²) in [7, 11) is 0. The maximum absolute atomic E-state index is 3.60. The van der Waals surface area contributed by atoms with E-state index in [2.05, 4.69) is 114 Å². The van der Waals surface area contributed by atoms with E-state index < -0.39 is 0 Å². The van der Waals surface area contributed by atoms with Gasteiger partial charge in [0.05, 0.1) is 0 Å². The number of hydrogen-bond acceptors (Lipinski definition) is 1. The first-order valence-corrected chi connectivity index (χ1v) is 11.7. The van der Waals surface area contributed by atoms with E-state index in [0.717, 1.165) is 0 Å². The Morgan fingerprint density at radius 1 is 0.438 bits per heavy atom. The molecule has 32 heavy (non-hydrogen) atoms. The van der Waals surface area contributed by atoms with Crippen molar-refractivity contribution in [2.24, 2.45) is 0 Å². The second-order valence-corrected chi connectivity index (χ2v) is 9.28. The second kappa shape index (κ2) is 6.81. The molecule has 0 aliphatic heterocycles. The monoisotopic (exact) mass is 425 g/mol. The first-order valence-electron chi connectivity index (χ1n) is 10.9. The Kier molecular flexibility index (Phi) is 3.78. The van der Waals surface area contributed by atoms with Crippen LogP contribution in [0.4, 0.5) is 0 Å². The molecule has 150 valence electrons. The number of aromatic amines is 1. The van der Waals surface area contributed by atoms with Crippen LogP contribution in [0.25, 0.3) is 64.2 Å². The van der Waals surface area contributed by atoms with Crippen LogP contribution >= 0.6 is 11.3 Å². The van der Waals surface area contributed by atoms with Crippen molar-refractivity contribution < 1.29 is 0 Å². The molecule has 2 heterocycles. The van der Waals surface area contributed by atoms with Gasteiger partial charge in [-0.2, -0.15) is 0 Å². The van der Waals surface area contributed by atoms with Gasteiger partial charge in [0.1, 0.15) is 0 Å². The van der Waals surface area contributed by atoms with Crippen molar-refractivity contribution in [3.63, 3.8) is 0 Å². The van der Waals surface area contributed by atoms with Crippen molar-refractivity contribution in [1.82, 2.24) is 4.98 Å². The molecule has 0 unspecified atom stereocenters. The van der Waals surface area contributed by atoms with Crippen molar-refractivity contribution in [1.29, 1.82) is 0 Å². The summed E-state index contributed by atoms with van der Waals surface area (Å²) in [6.45, 7) is 0. The van der Waals surface area contributed by atoms with Crippen LogP contribution in [-0.4, -0.2) is 4.98 Å². The lowest BCUT2D eigenvalue weighted by atomic mass is 9.99. The molecule has 0 saturated carbocycles. The molecule has 0 spiro atoms. The standard InChI is InChI=1S/C30H19NS/c1-2-8-19(9-3-1)21-11-6-13-25-26-14-7-12-22(30(26)32-29(21)25)20-16-17-24-23-10-4-5-15-27(23)31-28(24)18-20/h1-18,31H. The van der Waals surface area contributed by atoms with Crippen molar-refractivity contribution in [3.05, 3.63) is 109 Å². The predicted molar refractivity (Wildman–Crippen MR) is 140 cm³/mol. The molecule has 7 aromatic rings. The molecule has 0 atom stereocenters. The zero-order valence-corrected chi connectivity index (χ0v) is 18.1. The van der Waals surface area contributed by atoms with Gasteiger partial charge < -0.3 is 4.98 Å². The Morgan fingerprint density at radius 2 is 1.06 bits per heavy atom. The first-order chi connectivity index (χ1) is 15.9. The molecule has 0 aliphatic rings. The lowest BCUT2D eigenvalue weighted by Gasteiger charge is -2.04. The van der Waals surface area contributed by atoms with Gasteiger partial charge in [-0.3, -0.25) is 0 Å². The van der Waals surface area contributed by atoms with Gasteiger partial charge in [0.15, 0.2) is 0 Å². The smallest absolute Gasteiger partial charge is 0.0471 e. The van der Waals surface area contributed by atoms with E-state index in [-0.39, 0.29) is 0 Å². The molecule has 0 amide bonds. The van der Waals surface area contributed by atoms with Crippen LogP contribution in [0.2, 0.25) is 0 Å². The van der Waals surface area contributed by atoms with Crippen molar-refractivity contribution in [3.8, 4) is 22.3 Å². The molecule has 2 aromatic heterocycles. The van der Waals surface area contributed by atoms with Crippen molar-refractivity contribution >= 4 is 53.3 Å². The lowest BCUT2D eigenvalue weighted by Crippen LogP contribution is -1.79. The number of fused-ring (bicyclic) bond motifs is 6. The molecular weight excluding hydrogens is 406 g/mol. The van der Waals surface area contributed by atoms with Crippen molar-refractivity contribution in [2.75, 3.05) is 0 Å². The van der Waals surface area contributed by atoms with Crippen LogP contribution in [0.5, 0.6) is 0 Å². The molecule has 0 fully saturated rings. The molecule has 0 aliphatic carbocycles. The molecule has 2 heteroatoms. The van der Waals surface area contributed by atoms with Crippen LogP contribution in [0.3, 0.4) is 0 Å². The Bertz CT molecular complexity index is 1770. The molecule has 0 radical (unpaired) electrons. The third-order valence-corrected chi connectivity index (χ3v) is 7.71. The minimum atomic E-state index is 1.19. The number of nitrogens with one attached hydrogen (secondary N) is 1. The van der Waals surface area contributed by atoms with Crippen LogP contribution in [0, 0.1) is 0 Å². The number of thiophene rings is 1. The summed E-state index contributed by atoms with van der Waals surface area (Å²) in [4.78, 5) is 3.60. The fourth-order valence-corrected chi connectivity index (χ4v) is 6.29. The second-order valence-electron chi connectivity index (χ2n) is 8.26. The van der Waals surface area contributed by atoms with Gasteiger partial charge in [-0.25, -0.2) is 0 Å². The number of aromatic nitrogens is 1. The maximum Gasteiger partial charge on any atom is 0.0471 e. The predicted octanol–water partition coefficient (Wildman–Crippen LogP) is 9.02. The van der Waals surface area contributed by atoms with Crippen molar-refractivity contribution in [2.45, 2.75) is 0 Å². The van der Waals surface area contributed by atoms with E-state index >= 15 is 0 Å². The fourth-order valence-electron chi connectivity index (χ4n) is 4.91. The highest BCUT2D eigenvalue weighted by Crippen LogP contribution is 2.44. The summed E-state index contributed by atoms with van der Waals surface area (Å²) in [5, 5.41) is 5.22. The number of hydrogen-bond donors (Lipinski definition) is 1. The largest absolute Gasteiger partial charge is 0.354 e. The van der Waals surface area contributed by atoms with Crippen LogP contribution in [-0.2, 0) is 0 Å². The summed E-state index contributed by atoms with van der Waals surface area (Å²) < 4.78 is 2.70. The fraction of sp³-hybridized carbons (Fsp3) is 0. The minimum Gasteiger partial charge on any atom is -0.354 e. The quantitative estimate of drug-likeness (QED) is 0.284. The van der Waals surface area contributed by atoms with Gasteiger partial charge in [0, 0.05) is 42.0 Å². The summed E-state index contributed by atoms with van der Waals surface area (Å²) >= 11 is 1.90. The molecule has 5 aromatic carbocycles. The number of rotatable bonds is 2. The molecule has 0 bridgehead atoms. The number of H-pyrrole nitrogens is 1. The van der Waals surface area contributed by atoms with Gasteiger partial charge in [0.25, 0.3) is 0 Å². The van der Waals surface area contributed by atoms with Gasteiger partial charge >= 0.3 is 0 Å². The van der Waals surface area contributed by atoms with E-state index in [1.807, 2.05) is 11.3 Å². The van der Waals surface area contributed by atoms with E-state index in [1.54, 1.807) is 0 Å². The third kappa shape index (κ3) is 2.57. The maximum atomic E-state index is 3.60. The normalized spacial score (nSPS) is 11.8. The van der Waals surface area contributed by atoms with Crippen LogP contribution in [0.1, 0.15) is 0 Å². The van der Waals surface area contributed by atoms with Gasteiger partial charge in [-0.15, -0.1) is 11.3 Å². The highest BCUT2D eigenvalue weighted by molar-refractivity contribution is 7.26. The van der Waals surface area contributed by atoms with E-state index in [4.69, 9.17) is 0 Å². The Balaban J connectivity index is 1.49. The zero-order valence-electron chi connectivity index (χ0n) is 17.3. The average Bonchev–Trinajstić information content (AvgIpc) is 3.42.